The summed E-state index contributed by atoms with van der Waals surface area (Å²) in [5.74, 6) is -4.58. The second-order valence-corrected chi connectivity index (χ2v) is 11.9. The topological polar surface area (TPSA) is 214 Å². The van der Waals surface area contributed by atoms with Gasteiger partial charge < -0.3 is 40.1 Å². The number of aromatic nitrogens is 7. The fourth-order valence-electron chi connectivity index (χ4n) is 5.44. The Labute approximate surface area is 261 Å². The minimum atomic E-state index is -1.67. The summed E-state index contributed by atoms with van der Waals surface area (Å²) in [5, 5.41) is 80.4. The molecule has 10 atom stereocenters. The molecule has 2 aliphatic heterocycles. The standard InChI is InChI=1S/C27H28F3N7O8S/c28-13-4-12(5-14(29)19(13)30)16-8-37(35-33-16)21-23(41)18(10-39)45-27(25(21)43)46-26-24(42)20(22(40)17(9-38)44-26)36-7-15(32-34-36)11-2-1-3-31-6-11/h1-8,17-18,20-27,38-43H,9-10H2/t17-,18?,20?,21?,22?,23+,24-,25?,26+,27+/m1/s1. The maximum Gasteiger partial charge on any atom is 0.194 e. The number of aliphatic hydroxyl groups is 6. The molecule has 1 aromatic carbocycles. The summed E-state index contributed by atoms with van der Waals surface area (Å²) in [7, 11) is 0. The molecule has 6 rings (SSSR count). The summed E-state index contributed by atoms with van der Waals surface area (Å²) in [6.45, 7) is -1.35. The van der Waals surface area contributed by atoms with Crippen LogP contribution < -0.4 is 0 Å². The summed E-state index contributed by atoms with van der Waals surface area (Å²) in [6.07, 6.45) is -2.84. The summed E-state index contributed by atoms with van der Waals surface area (Å²) in [5.41, 5.74) is -1.82. The number of nitrogens with zero attached hydrogens (tertiary/aromatic N) is 7. The molecular formula is C27H28F3N7O8S. The first kappa shape index (κ1) is 32.4. The minimum Gasteiger partial charge on any atom is -0.394 e. The third-order valence-corrected chi connectivity index (χ3v) is 9.15. The summed E-state index contributed by atoms with van der Waals surface area (Å²) >= 11 is 0.746. The zero-order chi connectivity index (χ0) is 32.7. The van der Waals surface area contributed by atoms with Gasteiger partial charge in [0.25, 0.3) is 0 Å². The van der Waals surface area contributed by atoms with Crippen molar-refractivity contribution in [2.24, 2.45) is 0 Å². The average Bonchev–Trinajstić information content (AvgIpc) is 3.74. The Hall–Kier alpha value is -3.53. The molecular weight excluding hydrogens is 639 g/mol. The van der Waals surface area contributed by atoms with E-state index < -0.39 is 90.2 Å². The van der Waals surface area contributed by atoms with E-state index in [0.29, 0.717) is 23.4 Å². The highest BCUT2D eigenvalue weighted by molar-refractivity contribution is 8.00. The Bertz CT molecular complexity index is 1630. The molecule has 2 saturated heterocycles. The molecule has 2 aliphatic rings. The van der Waals surface area contributed by atoms with Crippen LogP contribution in [0.5, 0.6) is 0 Å². The van der Waals surface area contributed by atoms with Gasteiger partial charge in [0.05, 0.1) is 25.6 Å². The Morgan fingerprint density at radius 2 is 1.24 bits per heavy atom. The molecule has 0 aliphatic carbocycles. The highest BCUT2D eigenvalue weighted by Gasteiger charge is 2.51. The molecule has 6 N–H and O–H groups in total. The fraction of sp³-hybridized carbons (Fsp3) is 0.444. The minimum absolute atomic E-state index is 0.111. The molecule has 19 heteroatoms. The van der Waals surface area contributed by atoms with Crippen LogP contribution in [0.15, 0.2) is 49.1 Å². The lowest BCUT2D eigenvalue weighted by Gasteiger charge is -2.46. The van der Waals surface area contributed by atoms with Gasteiger partial charge in [-0.1, -0.05) is 22.2 Å². The second kappa shape index (κ2) is 13.3. The first-order valence-corrected chi connectivity index (χ1v) is 14.8. The van der Waals surface area contributed by atoms with E-state index in [0.717, 1.165) is 22.6 Å². The zero-order valence-corrected chi connectivity index (χ0v) is 24.3. The van der Waals surface area contributed by atoms with E-state index in [9.17, 15) is 43.8 Å². The van der Waals surface area contributed by atoms with Crippen molar-refractivity contribution in [1.82, 2.24) is 35.0 Å². The number of hydrogen-bond acceptors (Lipinski definition) is 14. The normalized spacial score (nSPS) is 31.7. The Morgan fingerprint density at radius 1 is 0.739 bits per heavy atom. The van der Waals surface area contributed by atoms with Crippen LogP contribution in [0.4, 0.5) is 13.2 Å². The lowest BCUT2D eigenvalue weighted by Crippen LogP contribution is -2.58. The van der Waals surface area contributed by atoms with Crippen LogP contribution in [0.2, 0.25) is 0 Å². The van der Waals surface area contributed by atoms with Crippen LogP contribution in [0.1, 0.15) is 12.1 Å². The number of thioether (sulfide) groups is 1. The quantitative estimate of drug-likeness (QED) is 0.130. The van der Waals surface area contributed by atoms with E-state index in [1.54, 1.807) is 24.5 Å². The number of rotatable bonds is 8. The van der Waals surface area contributed by atoms with Gasteiger partial charge >= 0.3 is 0 Å². The van der Waals surface area contributed by atoms with E-state index in [-0.39, 0.29) is 11.3 Å². The predicted octanol–water partition coefficient (Wildman–Crippen LogP) is -0.591. The Kier molecular flexibility index (Phi) is 9.37. The monoisotopic (exact) mass is 667 g/mol. The molecule has 0 radical (unpaired) electrons. The molecule has 0 amide bonds. The van der Waals surface area contributed by atoms with Crippen molar-refractivity contribution >= 4 is 11.8 Å². The molecule has 0 spiro atoms. The van der Waals surface area contributed by atoms with Gasteiger partial charge in [0, 0.05) is 23.5 Å². The van der Waals surface area contributed by atoms with Gasteiger partial charge in [-0.15, -0.1) is 10.2 Å². The number of hydrogen-bond donors (Lipinski definition) is 6. The van der Waals surface area contributed by atoms with Crippen molar-refractivity contribution in [2.75, 3.05) is 13.2 Å². The zero-order valence-electron chi connectivity index (χ0n) is 23.5. The van der Waals surface area contributed by atoms with Gasteiger partial charge in [0.15, 0.2) is 17.5 Å². The molecule has 4 aromatic rings. The predicted molar refractivity (Wildman–Crippen MR) is 150 cm³/mol. The van der Waals surface area contributed by atoms with Crippen LogP contribution in [0.25, 0.3) is 22.5 Å². The van der Waals surface area contributed by atoms with Gasteiger partial charge in [-0.2, -0.15) is 0 Å². The lowest BCUT2D eigenvalue weighted by atomic mass is 9.97. The largest absolute Gasteiger partial charge is 0.394 e. The Balaban J connectivity index is 1.25. The van der Waals surface area contributed by atoms with Crippen molar-refractivity contribution < 1.29 is 53.3 Å². The maximum atomic E-state index is 13.8. The van der Waals surface area contributed by atoms with E-state index in [4.69, 9.17) is 9.47 Å². The van der Waals surface area contributed by atoms with E-state index >= 15 is 0 Å². The van der Waals surface area contributed by atoms with Crippen LogP contribution >= 0.6 is 11.8 Å². The summed E-state index contributed by atoms with van der Waals surface area (Å²) in [6, 6.07) is 2.34. The van der Waals surface area contributed by atoms with Gasteiger partial charge in [-0.25, -0.2) is 22.5 Å². The van der Waals surface area contributed by atoms with Gasteiger partial charge in [0.1, 0.15) is 71.0 Å². The fourth-order valence-corrected chi connectivity index (χ4v) is 6.77. The molecule has 46 heavy (non-hydrogen) atoms. The van der Waals surface area contributed by atoms with E-state index in [2.05, 4.69) is 25.6 Å². The van der Waals surface area contributed by atoms with Gasteiger partial charge in [-0.3, -0.25) is 4.98 Å². The number of benzene rings is 1. The highest BCUT2D eigenvalue weighted by atomic mass is 32.2. The molecule has 5 unspecified atom stereocenters. The number of pyridine rings is 1. The SMILES string of the molecule is OCC1O[C@@H](S[C@@H]2O[C@H](CO)C(O)C(n3cc(-c4cccnc4)nn3)[C@H]2O)C(O)C(n2cc(-c3cc(F)c(F)c(F)c3)nn2)[C@H]1O. The van der Waals surface area contributed by atoms with Crippen molar-refractivity contribution in [1.29, 1.82) is 0 Å². The van der Waals surface area contributed by atoms with Gasteiger partial charge in [-0.05, 0) is 24.3 Å². The molecule has 246 valence electrons. The molecule has 0 bridgehead atoms. The van der Waals surface area contributed by atoms with Crippen LogP contribution in [-0.2, 0) is 9.47 Å². The van der Waals surface area contributed by atoms with Crippen molar-refractivity contribution in [3.8, 4) is 22.5 Å². The smallest absolute Gasteiger partial charge is 0.194 e. The molecule has 5 heterocycles. The highest BCUT2D eigenvalue weighted by Crippen LogP contribution is 2.42. The third-order valence-electron chi connectivity index (χ3n) is 7.83. The number of aliphatic hydroxyl groups excluding tert-OH is 6. The van der Waals surface area contributed by atoms with Crippen molar-refractivity contribution in [3.05, 3.63) is 66.5 Å². The molecule has 3 aromatic heterocycles. The van der Waals surface area contributed by atoms with Crippen LogP contribution in [-0.4, -0.2) is 126 Å². The first-order chi connectivity index (χ1) is 22.1. The third kappa shape index (κ3) is 6.00. The number of ether oxygens (including phenoxy) is 2. The molecule has 0 saturated carbocycles. The van der Waals surface area contributed by atoms with Crippen LogP contribution in [0.3, 0.4) is 0 Å². The van der Waals surface area contributed by atoms with E-state index in [1.165, 1.54) is 10.9 Å². The van der Waals surface area contributed by atoms with E-state index in [1.807, 2.05) is 0 Å². The molecule has 2 fully saturated rings. The molecule has 15 nitrogen and oxygen atoms in total. The second-order valence-electron chi connectivity index (χ2n) is 10.7. The van der Waals surface area contributed by atoms with Crippen molar-refractivity contribution in [3.63, 3.8) is 0 Å². The van der Waals surface area contributed by atoms with Crippen LogP contribution in [0, 0.1) is 17.5 Å². The lowest BCUT2D eigenvalue weighted by molar-refractivity contribution is -0.189. The average molecular weight is 668 g/mol. The Morgan fingerprint density at radius 3 is 1.70 bits per heavy atom. The first-order valence-electron chi connectivity index (χ1n) is 13.9. The summed E-state index contributed by atoms with van der Waals surface area (Å²) < 4.78 is 54.9. The number of halogens is 3. The van der Waals surface area contributed by atoms with Gasteiger partial charge in [0.2, 0.25) is 0 Å². The summed E-state index contributed by atoms with van der Waals surface area (Å²) in [4.78, 5) is 4.04. The maximum absolute atomic E-state index is 13.8. The van der Waals surface area contributed by atoms with Crippen molar-refractivity contribution in [2.45, 2.75) is 59.6 Å².